The van der Waals surface area contributed by atoms with E-state index in [1.807, 2.05) is 39.0 Å². The van der Waals surface area contributed by atoms with Gasteiger partial charge < -0.3 is 14.4 Å². The van der Waals surface area contributed by atoms with Gasteiger partial charge in [0, 0.05) is 25.1 Å². The molecule has 1 aliphatic rings. The summed E-state index contributed by atoms with van der Waals surface area (Å²) in [5.41, 5.74) is -0.452. The third-order valence-corrected chi connectivity index (χ3v) is 3.54. The largest absolute Gasteiger partial charge is 0.477 e. The Labute approximate surface area is 133 Å². The normalized spacial score (nSPS) is 18.7. The van der Waals surface area contributed by atoms with Gasteiger partial charge in [-0.2, -0.15) is 0 Å². The van der Waals surface area contributed by atoms with Crippen LogP contribution < -0.4 is 4.74 Å². The lowest BCUT2D eigenvalue weighted by Crippen LogP contribution is -2.35. The lowest BCUT2D eigenvalue weighted by Gasteiger charge is -2.24. The highest BCUT2D eigenvalue weighted by atomic mass is 79.9. The summed E-state index contributed by atoms with van der Waals surface area (Å²) in [6.07, 6.45) is 0.679. The van der Waals surface area contributed by atoms with E-state index >= 15 is 0 Å². The lowest BCUT2D eigenvalue weighted by atomic mass is 10.1. The Morgan fingerprint density at radius 3 is 2.90 bits per heavy atom. The predicted molar refractivity (Wildman–Crippen MR) is 83.3 cm³/mol. The maximum Gasteiger partial charge on any atom is 0.410 e. The van der Waals surface area contributed by atoms with E-state index in [1.165, 1.54) is 0 Å². The van der Waals surface area contributed by atoms with Crippen LogP contribution in [0, 0.1) is 5.92 Å². The molecule has 6 heteroatoms. The molecule has 1 atom stereocenters. The van der Waals surface area contributed by atoms with Crippen molar-refractivity contribution in [1.29, 1.82) is 0 Å². The fourth-order valence-electron chi connectivity index (χ4n) is 2.13. The zero-order chi connectivity index (χ0) is 15.5. The van der Waals surface area contributed by atoms with Crippen molar-refractivity contribution in [3.8, 4) is 5.88 Å². The van der Waals surface area contributed by atoms with Crippen molar-refractivity contribution >= 4 is 22.0 Å². The van der Waals surface area contributed by atoms with E-state index in [0.717, 1.165) is 17.6 Å². The summed E-state index contributed by atoms with van der Waals surface area (Å²) in [6, 6.07) is 5.56. The first-order valence-corrected chi connectivity index (χ1v) is 7.86. The summed E-state index contributed by atoms with van der Waals surface area (Å²) >= 11 is 3.31. The third-order valence-electron chi connectivity index (χ3n) is 3.09. The van der Waals surface area contributed by atoms with Crippen LogP contribution in [0.2, 0.25) is 0 Å². The van der Waals surface area contributed by atoms with Gasteiger partial charge >= 0.3 is 6.09 Å². The Morgan fingerprint density at radius 2 is 2.24 bits per heavy atom. The average Bonchev–Trinajstić information content (AvgIpc) is 2.83. The number of rotatable bonds is 3. The summed E-state index contributed by atoms with van der Waals surface area (Å²) in [6.45, 7) is 7.57. The number of halogens is 1. The number of amides is 1. The first-order chi connectivity index (χ1) is 9.83. The molecule has 0 aromatic carbocycles. The van der Waals surface area contributed by atoms with E-state index in [0.29, 0.717) is 24.9 Å². The van der Waals surface area contributed by atoms with Gasteiger partial charge in [0.15, 0.2) is 0 Å². The molecule has 1 aliphatic heterocycles. The van der Waals surface area contributed by atoms with Gasteiger partial charge in [-0.25, -0.2) is 9.78 Å². The van der Waals surface area contributed by atoms with Crippen LogP contribution in [0.4, 0.5) is 4.79 Å². The molecule has 0 N–H and O–H groups in total. The summed E-state index contributed by atoms with van der Waals surface area (Å²) in [4.78, 5) is 17.9. The molecule has 1 saturated heterocycles. The molecule has 116 valence electrons. The van der Waals surface area contributed by atoms with Crippen molar-refractivity contribution in [3.63, 3.8) is 0 Å². The zero-order valence-electron chi connectivity index (χ0n) is 12.6. The summed E-state index contributed by atoms with van der Waals surface area (Å²) in [5, 5.41) is 0. The van der Waals surface area contributed by atoms with Crippen LogP contribution in [0.25, 0.3) is 0 Å². The summed E-state index contributed by atoms with van der Waals surface area (Å²) in [7, 11) is 0. The summed E-state index contributed by atoms with van der Waals surface area (Å²) in [5.74, 6) is 0.915. The summed E-state index contributed by atoms with van der Waals surface area (Å²) < 4.78 is 11.8. The van der Waals surface area contributed by atoms with Crippen LogP contribution in [-0.4, -0.2) is 41.3 Å². The standard InChI is InChI=1S/C15H21BrN2O3/c1-15(2,3)21-14(19)18-8-7-11(9-18)10-20-13-6-4-5-12(16)17-13/h4-6,11H,7-10H2,1-3H3/t11-/m1/s1. The molecular formula is C15H21BrN2O3. The van der Waals surface area contributed by atoms with E-state index in [1.54, 1.807) is 4.90 Å². The Morgan fingerprint density at radius 1 is 1.48 bits per heavy atom. The Balaban J connectivity index is 1.79. The second kappa shape index (κ2) is 6.64. The van der Waals surface area contributed by atoms with Gasteiger partial charge in [0.05, 0.1) is 6.61 Å². The Bertz CT molecular complexity index is 502. The molecule has 1 amide bonds. The van der Waals surface area contributed by atoms with Crippen molar-refractivity contribution in [2.45, 2.75) is 32.8 Å². The highest BCUT2D eigenvalue weighted by Crippen LogP contribution is 2.21. The van der Waals surface area contributed by atoms with Gasteiger partial charge in [-0.1, -0.05) is 6.07 Å². The fourth-order valence-corrected chi connectivity index (χ4v) is 2.46. The molecule has 5 nitrogen and oxygen atoms in total. The number of likely N-dealkylation sites (tertiary alicyclic amines) is 1. The highest BCUT2D eigenvalue weighted by Gasteiger charge is 2.30. The predicted octanol–water partition coefficient (Wildman–Crippen LogP) is 3.48. The van der Waals surface area contributed by atoms with Crippen molar-refractivity contribution in [2.75, 3.05) is 19.7 Å². The van der Waals surface area contributed by atoms with E-state index in [9.17, 15) is 4.79 Å². The van der Waals surface area contributed by atoms with Crippen LogP contribution in [0.3, 0.4) is 0 Å². The van der Waals surface area contributed by atoms with Gasteiger partial charge in [-0.15, -0.1) is 0 Å². The van der Waals surface area contributed by atoms with E-state index in [-0.39, 0.29) is 6.09 Å². The molecule has 0 saturated carbocycles. The van der Waals surface area contributed by atoms with Crippen LogP contribution in [0.5, 0.6) is 5.88 Å². The van der Waals surface area contributed by atoms with Gasteiger partial charge in [-0.3, -0.25) is 0 Å². The smallest absolute Gasteiger partial charge is 0.410 e. The minimum atomic E-state index is -0.452. The minimum Gasteiger partial charge on any atom is -0.477 e. The maximum atomic E-state index is 12.0. The number of hydrogen-bond donors (Lipinski definition) is 0. The second-order valence-electron chi connectivity index (χ2n) is 6.19. The van der Waals surface area contributed by atoms with Crippen LogP contribution in [-0.2, 0) is 4.74 Å². The maximum absolute atomic E-state index is 12.0. The molecule has 21 heavy (non-hydrogen) atoms. The van der Waals surface area contributed by atoms with Crippen molar-refractivity contribution < 1.29 is 14.3 Å². The van der Waals surface area contributed by atoms with E-state index in [2.05, 4.69) is 20.9 Å². The fraction of sp³-hybridized carbons (Fsp3) is 0.600. The van der Waals surface area contributed by atoms with Crippen molar-refractivity contribution in [3.05, 3.63) is 22.8 Å². The van der Waals surface area contributed by atoms with Crippen LogP contribution in [0.1, 0.15) is 27.2 Å². The molecule has 1 aromatic heterocycles. The number of pyridine rings is 1. The van der Waals surface area contributed by atoms with Crippen molar-refractivity contribution in [2.24, 2.45) is 5.92 Å². The first-order valence-electron chi connectivity index (χ1n) is 7.07. The quantitative estimate of drug-likeness (QED) is 0.778. The number of hydrogen-bond acceptors (Lipinski definition) is 4. The van der Waals surface area contributed by atoms with Gasteiger partial charge in [0.2, 0.25) is 5.88 Å². The lowest BCUT2D eigenvalue weighted by molar-refractivity contribution is 0.0284. The topological polar surface area (TPSA) is 51.7 Å². The van der Waals surface area contributed by atoms with Gasteiger partial charge in [0.1, 0.15) is 10.2 Å². The third kappa shape index (κ3) is 5.19. The molecule has 2 heterocycles. The van der Waals surface area contributed by atoms with Crippen LogP contribution >= 0.6 is 15.9 Å². The molecular weight excluding hydrogens is 336 g/mol. The zero-order valence-corrected chi connectivity index (χ0v) is 14.2. The molecule has 0 radical (unpaired) electrons. The second-order valence-corrected chi connectivity index (χ2v) is 7.00. The Hall–Kier alpha value is -1.30. The van der Waals surface area contributed by atoms with Gasteiger partial charge in [0.25, 0.3) is 0 Å². The molecule has 0 unspecified atom stereocenters. The molecule has 1 fully saturated rings. The molecule has 0 spiro atoms. The first kappa shape index (κ1) is 16.1. The SMILES string of the molecule is CC(C)(C)OC(=O)N1CC[C@@H](COc2cccc(Br)n2)C1. The molecule has 2 rings (SSSR count). The Kier molecular flexibility index (Phi) is 5.08. The van der Waals surface area contributed by atoms with Crippen molar-refractivity contribution in [1.82, 2.24) is 9.88 Å². The minimum absolute atomic E-state index is 0.245. The molecule has 0 aliphatic carbocycles. The average molecular weight is 357 g/mol. The molecule has 1 aromatic rings. The van der Waals surface area contributed by atoms with E-state index in [4.69, 9.17) is 9.47 Å². The van der Waals surface area contributed by atoms with E-state index < -0.39 is 5.60 Å². The van der Waals surface area contributed by atoms with Gasteiger partial charge in [-0.05, 0) is 49.2 Å². The number of nitrogens with zero attached hydrogens (tertiary/aromatic N) is 2. The molecule has 0 bridgehead atoms. The monoisotopic (exact) mass is 356 g/mol. The number of carbonyl (C=O) groups is 1. The highest BCUT2D eigenvalue weighted by molar-refractivity contribution is 9.10. The number of carbonyl (C=O) groups excluding carboxylic acids is 1. The number of ether oxygens (including phenoxy) is 2. The number of aromatic nitrogens is 1. The van der Waals surface area contributed by atoms with Crippen LogP contribution in [0.15, 0.2) is 22.8 Å².